The number of hydrogen-bond donors (Lipinski definition) is 1. The van der Waals surface area contributed by atoms with Crippen LogP contribution in [0.25, 0.3) is 0 Å². The summed E-state index contributed by atoms with van der Waals surface area (Å²) in [5.74, 6) is 0.829. The first-order valence-corrected chi connectivity index (χ1v) is 10.5. The van der Waals surface area contributed by atoms with Crippen LogP contribution in [0.5, 0.6) is 17.2 Å². The summed E-state index contributed by atoms with van der Waals surface area (Å²) >= 11 is 0. The predicted octanol–water partition coefficient (Wildman–Crippen LogP) is 3.00. The highest BCUT2D eigenvalue weighted by Crippen LogP contribution is 2.40. The molecule has 0 fully saturated rings. The van der Waals surface area contributed by atoms with Crippen molar-refractivity contribution in [1.29, 1.82) is 0 Å². The van der Waals surface area contributed by atoms with Gasteiger partial charge in [0, 0.05) is 36.5 Å². The fourth-order valence-electron chi connectivity index (χ4n) is 2.85. The van der Waals surface area contributed by atoms with Crippen LogP contribution < -0.4 is 19.5 Å². The Morgan fingerprint density at radius 3 is 1.86 bits per heavy atom. The van der Waals surface area contributed by atoms with Crippen LogP contribution in [0, 0.1) is 0 Å². The van der Waals surface area contributed by atoms with Crippen molar-refractivity contribution >= 4 is 21.6 Å². The molecule has 0 saturated carbocycles. The molecule has 8 nitrogen and oxygen atoms in total. The number of sulfonamides is 1. The van der Waals surface area contributed by atoms with E-state index in [1.165, 1.54) is 49.9 Å². The molecule has 0 aromatic heterocycles. The number of ether oxygens (including phenoxy) is 3. The van der Waals surface area contributed by atoms with E-state index in [9.17, 15) is 13.2 Å². The summed E-state index contributed by atoms with van der Waals surface area (Å²) in [5.41, 5.74) is 0.765. The molecule has 158 valence electrons. The van der Waals surface area contributed by atoms with Gasteiger partial charge in [-0.3, -0.25) is 4.79 Å². The smallest absolute Gasteiger partial charge is 0.255 e. The van der Waals surface area contributed by atoms with Gasteiger partial charge in [-0.25, -0.2) is 8.42 Å². The molecule has 0 aliphatic carbocycles. The number of carbonyl (C=O) groups excluding carboxylic acids is 1. The van der Waals surface area contributed by atoms with Crippen LogP contribution in [0.4, 0.5) is 5.69 Å². The van der Waals surface area contributed by atoms with Gasteiger partial charge in [0.2, 0.25) is 15.8 Å². The lowest BCUT2D eigenvalue weighted by Gasteiger charge is -2.18. The lowest BCUT2D eigenvalue weighted by molar-refractivity contribution is 0.102. The van der Waals surface area contributed by atoms with Crippen molar-refractivity contribution in [3.63, 3.8) is 0 Å². The highest BCUT2D eigenvalue weighted by molar-refractivity contribution is 7.89. The van der Waals surface area contributed by atoms with E-state index < -0.39 is 15.9 Å². The number of methoxy groups -OCH3 is 3. The van der Waals surface area contributed by atoms with Gasteiger partial charge in [0.15, 0.2) is 11.5 Å². The Morgan fingerprint density at radius 2 is 1.45 bits per heavy atom. The fraction of sp³-hybridized carbons (Fsp3) is 0.350. The molecule has 0 aliphatic rings. The summed E-state index contributed by atoms with van der Waals surface area (Å²) in [6.45, 7) is 4.31. The van der Waals surface area contributed by atoms with Gasteiger partial charge < -0.3 is 19.5 Å². The summed E-state index contributed by atoms with van der Waals surface area (Å²) in [4.78, 5) is 12.7. The third-order valence-corrected chi connectivity index (χ3v) is 6.45. The molecule has 0 heterocycles. The standard InChI is InChI=1S/C20H26N2O6S/c1-6-22(7-2)29(24,25)16-10-8-14(9-11-16)20(23)21-15-12-17(26-3)19(28-5)18(13-15)27-4/h8-13H,6-7H2,1-5H3,(H,21,23). The van der Waals surface area contributed by atoms with Crippen LogP contribution in [0.15, 0.2) is 41.3 Å². The predicted molar refractivity (Wildman–Crippen MR) is 111 cm³/mol. The maximum atomic E-state index is 12.6. The third kappa shape index (κ3) is 4.80. The van der Waals surface area contributed by atoms with Crippen molar-refractivity contribution in [1.82, 2.24) is 4.31 Å². The monoisotopic (exact) mass is 422 g/mol. The average molecular weight is 423 g/mol. The van der Waals surface area contributed by atoms with E-state index in [2.05, 4.69) is 5.32 Å². The van der Waals surface area contributed by atoms with Gasteiger partial charge in [-0.15, -0.1) is 0 Å². The lowest BCUT2D eigenvalue weighted by Crippen LogP contribution is -2.30. The summed E-state index contributed by atoms with van der Waals surface area (Å²) in [5, 5.41) is 2.75. The van der Waals surface area contributed by atoms with Crippen LogP contribution in [0.2, 0.25) is 0 Å². The first-order valence-electron chi connectivity index (χ1n) is 9.03. The van der Waals surface area contributed by atoms with Gasteiger partial charge in [-0.2, -0.15) is 4.31 Å². The second-order valence-corrected chi connectivity index (χ2v) is 7.92. The molecule has 0 radical (unpaired) electrons. The molecule has 0 saturated heterocycles. The molecule has 0 bridgehead atoms. The third-order valence-electron chi connectivity index (χ3n) is 4.38. The van der Waals surface area contributed by atoms with Crippen molar-refractivity contribution in [2.45, 2.75) is 18.7 Å². The average Bonchev–Trinajstić information content (AvgIpc) is 2.73. The number of carbonyl (C=O) groups is 1. The van der Waals surface area contributed by atoms with E-state index in [0.29, 0.717) is 41.6 Å². The second kappa shape index (κ2) is 9.62. The van der Waals surface area contributed by atoms with Gasteiger partial charge in [0.1, 0.15) is 0 Å². The molecular weight excluding hydrogens is 396 g/mol. The maximum absolute atomic E-state index is 12.6. The van der Waals surface area contributed by atoms with E-state index in [1.54, 1.807) is 26.0 Å². The molecule has 2 aromatic rings. The van der Waals surface area contributed by atoms with Crippen LogP contribution in [0.3, 0.4) is 0 Å². The molecule has 29 heavy (non-hydrogen) atoms. The molecule has 9 heteroatoms. The molecule has 0 atom stereocenters. The van der Waals surface area contributed by atoms with Gasteiger partial charge >= 0.3 is 0 Å². The summed E-state index contributed by atoms with van der Waals surface area (Å²) < 4.78 is 42.3. The molecule has 1 N–H and O–H groups in total. The number of anilines is 1. The minimum Gasteiger partial charge on any atom is -0.493 e. The van der Waals surface area contributed by atoms with Crippen LogP contribution in [-0.2, 0) is 10.0 Å². The quantitative estimate of drug-likeness (QED) is 0.668. The molecule has 0 spiro atoms. The number of nitrogens with one attached hydrogen (secondary N) is 1. The van der Waals surface area contributed by atoms with Gasteiger partial charge in [-0.1, -0.05) is 13.8 Å². The Bertz CT molecular complexity index is 928. The van der Waals surface area contributed by atoms with Crippen LogP contribution in [0.1, 0.15) is 24.2 Å². The molecule has 2 rings (SSSR count). The summed E-state index contributed by atoms with van der Waals surface area (Å²) in [7, 11) is 0.887. The Hall–Kier alpha value is -2.78. The number of hydrogen-bond acceptors (Lipinski definition) is 6. The molecule has 0 unspecified atom stereocenters. The minimum atomic E-state index is -3.57. The van der Waals surface area contributed by atoms with E-state index >= 15 is 0 Å². The van der Waals surface area contributed by atoms with E-state index in [1.807, 2.05) is 0 Å². The summed E-state index contributed by atoms with van der Waals surface area (Å²) in [6.07, 6.45) is 0. The van der Waals surface area contributed by atoms with Crippen LogP contribution in [-0.4, -0.2) is 53.0 Å². The first kappa shape index (κ1) is 22.5. The fourth-order valence-corrected chi connectivity index (χ4v) is 4.31. The Morgan fingerprint density at radius 1 is 0.931 bits per heavy atom. The number of benzene rings is 2. The van der Waals surface area contributed by atoms with Crippen molar-refractivity contribution < 1.29 is 27.4 Å². The Labute approximate surface area is 171 Å². The van der Waals surface area contributed by atoms with Crippen molar-refractivity contribution in [3.05, 3.63) is 42.0 Å². The first-order chi connectivity index (χ1) is 13.8. The number of nitrogens with zero attached hydrogens (tertiary/aromatic N) is 1. The van der Waals surface area contributed by atoms with Crippen molar-refractivity contribution in [2.24, 2.45) is 0 Å². The highest BCUT2D eigenvalue weighted by Gasteiger charge is 2.22. The summed E-state index contributed by atoms with van der Waals surface area (Å²) in [6, 6.07) is 9.03. The van der Waals surface area contributed by atoms with Crippen molar-refractivity contribution in [2.75, 3.05) is 39.7 Å². The van der Waals surface area contributed by atoms with Crippen molar-refractivity contribution in [3.8, 4) is 17.2 Å². The van der Waals surface area contributed by atoms with E-state index in [-0.39, 0.29) is 4.90 Å². The Kier molecular flexibility index (Phi) is 7.46. The SMILES string of the molecule is CCN(CC)S(=O)(=O)c1ccc(C(=O)Nc2cc(OC)c(OC)c(OC)c2)cc1. The normalized spacial score (nSPS) is 11.2. The highest BCUT2D eigenvalue weighted by atomic mass is 32.2. The number of amides is 1. The second-order valence-electron chi connectivity index (χ2n) is 5.98. The maximum Gasteiger partial charge on any atom is 0.255 e. The van der Waals surface area contributed by atoms with E-state index in [0.717, 1.165) is 0 Å². The minimum absolute atomic E-state index is 0.144. The van der Waals surface area contributed by atoms with Gasteiger partial charge in [-0.05, 0) is 24.3 Å². The Balaban J connectivity index is 2.26. The molecule has 0 aliphatic heterocycles. The van der Waals surface area contributed by atoms with Gasteiger partial charge in [0.05, 0.1) is 26.2 Å². The van der Waals surface area contributed by atoms with E-state index in [4.69, 9.17) is 14.2 Å². The lowest BCUT2D eigenvalue weighted by atomic mass is 10.2. The zero-order chi connectivity index (χ0) is 21.6. The largest absolute Gasteiger partial charge is 0.493 e. The molecular formula is C20H26N2O6S. The zero-order valence-corrected chi connectivity index (χ0v) is 18.0. The topological polar surface area (TPSA) is 94.2 Å². The van der Waals surface area contributed by atoms with Gasteiger partial charge in [0.25, 0.3) is 5.91 Å². The number of rotatable bonds is 9. The molecule has 1 amide bonds. The molecule has 2 aromatic carbocycles. The van der Waals surface area contributed by atoms with Crippen LogP contribution >= 0.6 is 0 Å². The zero-order valence-electron chi connectivity index (χ0n) is 17.2.